The molecular weight excluding hydrogens is 490 g/mol. The van der Waals surface area contributed by atoms with E-state index in [1.165, 1.54) is 27.9 Å². The van der Waals surface area contributed by atoms with Gasteiger partial charge in [-0.1, -0.05) is 64.1 Å². The molecular formula is C36H34N3O+. The van der Waals surface area contributed by atoms with Crippen LogP contribution >= 0.6 is 0 Å². The Labute approximate surface area is 235 Å². The number of aryl methyl sites for hydroxylation is 2. The summed E-state index contributed by atoms with van der Waals surface area (Å²) in [6, 6.07) is 30.0. The van der Waals surface area contributed by atoms with Gasteiger partial charge >= 0.3 is 0 Å². The SMILES string of the molecule is Cc1c(-c2n(-c3c(C(C)C)cc(-c4ccccc4)cc3C(C)C)c3cc(C#N)ccc3[n+]2C)ccc2ccoc12. The first-order valence-corrected chi connectivity index (χ1v) is 14.0. The number of hydrogen-bond donors (Lipinski definition) is 0. The van der Waals surface area contributed by atoms with Gasteiger partial charge in [0, 0.05) is 28.1 Å². The Kier molecular flexibility index (Phi) is 6.31. The van der Waals surface area contributed by atoms with Crippen LogP contribution in [0, 0.1) is 18.3 Å². The molecule has 0 radical (unpaired) electrons. The largest absolute Gasteiger partial charge is 0.464 e. The summed E-state index contributed by atoms with van der Waals surface area (Å²) in [4.78, 5) is 0. The highest BCUT2D eigenvalue weighted by Gasteiger charge is 2.32. The molecule has 0 bridgehead atoms. The van der Waals surface area contributed by atoms with E-state index >= 15 is 0 Å². The lowest BCUT2D eigenvalue weighted by Gasteiger charge is -2.21. The van der Waals surface area contributed by atoms with Gasteiger partial charge in [0.2, 0.25) is 0 Å². The standard InChI is InChI=1S/C36H34N3O/c1-22(2)30-19-28(26-10-8-7-9-11-26)20-31(23(3)4)34(30)39-33-18-25(21-37)12-15-32(33)38(6)36(39)29-14-13-27-16-17-40-35(27)24(29)5/h7-20,22-23H,1-6H3/q+1. The van der Waals surface area contributed by atoms with Gasteiger partial charge in [-0.3, -0.25) is 0 Å². The summed E-state index contributed by atoms with van der Waals surface area (Å²) >= 11 is 0. The molecule has 2 heterocycles. The van der Waals surface area contributed by atoms with Crippen molar-refractivity contribution in [2.45, 2.75) is 46.5 Å². The lowest BCUT2D eigenvalue weighted by atomic mass is 9.88. The molecule has 0 saturated heterocycles. The number of benzene rings is 4. The van der Waals surface area contributed by atoms with Gasteiger partial charge in [0.25, 0.3) is 5.82 Å². The van der Waals surface area contributed by atoms with Crippen LogP contribution in [0.2, 0.25) is 0 Å². The molecule has 6 aromatic rings. The Morgan fingerprint density at radius 1 is 0.825 bits per heavy atom. The first-order valence-electron chi connectivity index (χ1n) is 14.0. The first kappa shape index (κ1) is 25.6. The van der Waals surface area contributed by atoms with E-state index in [0.717, 1.165) is 39.0 Å². The number of hydrogen-bond acceptors (Lipinski definition) is 2. The number of aromatic nitrogens is 2. The van der Waals surface area contributed by atoms with Crippen LogP contribution in [0.15, 0.2) is 89.5 Å². The van der Waals surface area contributed by atoms with Gasteiger partial charge in [-0.25, -0.2) is 4.57 Å². The van der Waals surface area contributed by atoms with E-state index < -0.39 is 0 Å². The van der Waals surface area contributed by atoms with Crippen molar-refractivity contribution in [3.05, 3.63) is 107 Å². The second-order valence-corrected chi connectivity index (χ2v) is 11.3. The zero-order valence-corrected chi connectivity index (χ0v) is 24.0. The van der Waals surface area contributed by atoms with Crippen molar-refractivity contribution in [2.24, 2.45) is 7.05 Å². The van der Waals surface area contributed by atoms with Crippen LogP contribution in [0.4, 0.5) is 0 Å². The number of nitriles is 1. The fourth-order valence-corrected chi connectivity index (χ4v) is 6.00. The predicted octanol–water partition coefficient (Wildman–Crippen LogP) is 8.96. The summed E-state index contributed by atoms with van der Waals surface area (Å²) in [5, 5.41) is 11.0. The molecule has 0 fully saturated rings. The minimum absolute atomic E-state index is 0.277. The van der Waals surface area contributed by atoms with E-state index in [-0.39, 0.29) is 11.8 Å². The monoisotopic (exact) mass is 524 g/mol. The summed E-state index contributed by atoms with van der Waals surface area (Å²) in [6.45, 7) is 11.2. The molecule has 4 aromatic carbocycles. The normalized spacial score (nSPS) is 11.7. The number of furan rings is 1. The van der Waals surface area contributed by atoms with Crippen LogP contribution < -0.4 is 4.57 Å². The molecule has 2 aromatic heterocycles. The van der Waals surface area contributed by atoms with Gasteiger partial charge in [-0.2, -0.15) is 9.83 Å². The predicted molar refractivity (Wildman–Crippen MR) is 163 cm³/mol. The van der Waals surface area contributed by atoms with Crippen molar-refractivity contribution in [2.75, 3.05) is 0 Å². The molecule has 0 N–H and O–H groups in total. The molecule has 0 aliphatic carbocycles. The third kappa shape index (κ3) is 4.01. The minimum Gasteiger partial charge on any atom is -0.464 e. The minimum atomic E-state index is 0.277. The second kappa shape index (κ2) is 9.84. The fraction of sp³-hybridized carbons (Fsp3) is 0.222. The molecule has 4 nitrogen and oxygen atoms in total. The average Bonchev–Trinajstić information content (AvgIpc) is 3.56. The first-order chi connectivity index (χ1) is 19.3. The Morgan fingerprint density at radius 2 is 1.52 bits per heavy atom. The van der Waals surface area contributed by atoms with Gasteiger partial charge in [-0.15, -0.1) is 0 Å². The van der Waals surface area contributed by atoms with Crippen molar-refractivity contribution in [1.82, 2.24) is 4.57 Å². The Bertz CT molecular complexity index is 1900. The van der Waals surface area contributed by atoms with E-state index in [9.17, 15) is 5.26 Å². The maximum absolute atomic E-state index is 9.86. The van der Waals surface area contributed by atoms with Crippen LogP contribution in [-0.4, -0.2) is 4.57 Å². The second-order valence-electron chi connectivity index (χ2n) is 11.3. The van der Waals surface area contributed by atoms with Gasteiger partial charge in [0.05, 0.1) is 30.5 Å². The smallest absolute Gasteiger partial charge is 0.295 e. The summed E-state index contributed by atoms with van der Waals surface area (Å²) in [5.74, 6) is 1.62. The highest BCUT2D eigenvalue weighted by atomic mass is 16.3. The highest BCUT2D eigenvalue weighted by molar-refractivity contribution is 5.89. The number of fused-ring (bicyclic) bond motifs is 2. The van der Waals surface area contributed by atoms with Gasteiger partial charge in [0.1, 0.15) is 11.3 Å². The van der Waals surface area contributed by atoms with Crippen molar-refractivity contribution >= 4 is 22.0 Å². The van der Waals surface area contributed by atoms with Crippen molar-refractivity contribution in [1.29, 1.82) is 5.26 Å². The number of nitrogens with zero attached hydrogens (tertiary/aromatic N) is 3. The Balaban J connectivity index is 1.79. The molecule has 6 rings (SSSR count). The van der Waals surface area contributed by atoms with Crippen LogP contribution in [0.3, 0.4) is 0 Å². The van der Waals surface area contributed by atoms with Gasteiger partial charge < -0.3 is 4.42 Å². The molecule has 198 valence electrons. The zero-order chi connectivity index (χ0) is 28.1. The van der Waals surface area contributed by atoms with Crippen LogP contribution in [0.5, 0.6) is 0 Å². The Hall–Kier alpha value is -4.62. The molecule has 0 aliphatic rings. The van der Waals surface area contributed by atoms with Gasteiger partial charge in [0.15, 0.2) is 11.0 Å². The fourth-order valence-electron chi connectivity index (χ4n) is 6.00. The molecule has 4 heteroatoms. The van der Waals surface area contributed by atoms with Crippen molar-refractivity contribution < 1.29 is 8.98 Å². The van der Waals surface area contributed by atoms with Crippen LogP contribution in [-0.2, 0) is 7.05 Å². The van der Waals surface area contributed by atoms with Crippen LogP contribution in [0.1, 0.15) is 61.8 Å². The average molecular weight is 525 g/mol. The van der Waals surface area contributed by atoms with Crippen molar-refractivity contribution in [3.8, 4) is 34.3 Å². The van der Waals surface area contributed by atoms with Crippen LogP contribution in [0.25, 0.3) is 50.2 Å². The maximum Gasteiger partial charge on any atom is 0.295 e. The summed E-state index contributed by atoms with van der Waals surface area (Å²) in [6.07, 6.45) is 1.76. The quantitative estimate of drug-likeness (QED) is 0.211. The molecule has 40 heavy (non-hydrogen) atoms. The van der Waals surface area contributed by atoms with Crippen molar-refractivity contribution in [3.63, 3.8) is 0 Å². The number of imidazole rings is 1. The third-order valence-electron chi connectivity index (χ3n) is 8.09. The van der Waals surface area contributed by atoms with E-state index in [1.807, 2.05) is 18.2 Å². The van der Waals surface area contributed by atoms with Gasteiger partial charge in [-0.05, 0) is 66.3 Å². The highest BCUT2D eigenvalue weighted by Crippen LogP contribution is 2.40. The molecule has 0 spiro atoms. The lowest BCUT2D eigenvalue weighted by molar-refractivity contribution is -0.633. The zero-order valence-electron chi connectivity index (χ0n) is 24.0. The van der Waals surface area contributed by atoms with E-state index in [4.69, 9.17) is 4.42 Å². The molecule has 0 aliphatic heterocycles. The summed E-state index contributed by atoms with van der Waals surface area (Å²) in [7, 11) is 2.12. The Morgan fingerprint density at radius 3 is 2.17 bits per heavy atom. The lowest BCUT2D eigenvalue weighted by Crippen LogP contribution is -2.30. The van der Waals surface area contributed by atoms with E-state index in [0.29, 0.717) is 5.56 Å². The molecule has 0 saturated carbocycles. The molecule has 0 amide bonds. The molecule has 0 atom stereocenters. The topological polar surface area (TPSA) is 45.7 Å². The number of rotatable bonds is 5. The van der Waals surface area contributed by atoms with E-state index in [2.05, 4.69) is 118 Å². The third-order valence-corrected chi connectivity index (χ3v) is 8.09. The maximum atomic E-state index is 9.86. The molecule has 0 unspecified atom stereocenters. The summed E-state index contributed by atoms with van der Waals surface area (Å²) in [5.41, 5.74) is 12.0. The van der Waals surface area contributed by atoms with E-state index in [1.54, 1.807) is 6.26 Å². The summed E-state index contributed by atoms with van der Waals surface area (Å²) < 4.78 is 10.6.